The average molecular weight is 587 g/mol. The van der Waals surface area contributed by atoms with Crippen LogP contribution < -0.4 is 14.8 Å². The summed E-state index contributed by atoms with van der Waals surface area (Å²) in [6, 6.07) is 16.2. The van der Waals surface area contributed by atoms with E-state index in [0.29, 0.717) is 42.4 Å². The van der Waals surface area contributed by atoms with Crippen LogP contribution in [0.25, 0.3) is 0 Å². The normalized spacial score (nSPS) is 17.8. The van der Waals surface area contributed by atoms with Gasteiger partial charge in [0.1, 0.15) is 5.82 Å². The minimum atomic E-state index is -3.79. The number of rotatable bonds is 10. The van der Waals surface area contributed by atoms with Crippen molar-refractivity contribution in [1.29, 1.82) is 0 Å². The second kappa shape index (κ2) is 13.1. The average Bonchev–Trinajstić information content (AvgIpc) is 2.93. The number of hydrogen-bond donors (Lipinski definition) is 1. The monoisotopic (exact) mass is 586 g/mol. The highest BCUT2D eigenvalue weighted by atomic mass is 32.2. The van der Waals surface area contributed by atoms with E-state index in [1.807, 2.05) is 18.2 Å². The highest BCUT2D eigenvalue weighted by molar-refractivity contribution is 7.99. The maximum absolute atomic E-state index is 13.6. The molecule has 0 bridgehead atoms. The first-order valence-electron chi connectivity index (χ1n) is 13.2. The van der Waals surface area contributed by atoms with Gasteiger partial charge < -0.3 is 14.8 Å². The van der Waals surface area contributed by atoms with Gasteiger partial charge in [0, 0.05) is 29.4 Å². The molecule has 0 radical (unpaired) electrons. The lowest BCUT2D eigenvalue weighted by atomic mass is 9.94. The van der Waals surface area contributed by atoms with E-state index in [1.54, 1.807) is 38.5 Å². The standard InChI is InChI=1S/C30H35FN2O5S2/c1-20-15-21(2)19-33(18-20)40(35,36)25-10-12-29(39-24-8-6-23(31)7-9-24)26(17-25)30(34)32-14-13-22-5-11-27(37-3)28(16-22)38-4/h5-12,16-17,20-21H,13-15,18-19H2,1-4H3,(H,32,34)/t20-,21-/m0/s1. The van der Waals surface area contributed by atoms with Crippen LogP contribution in [0.5, 0.6) is 11.5 Å². The Morgan fingerprint density at radius 3 is 2.30 bits per heavy atom. The van der Waals surface area contributed by atoms with E-state index in [0.717, 1.165) is 16.9 Å². The quantitative estimate of drug-likeness (QED) is 0.331. The molecule has 10 heteroatoms. The lowest BCUT2D eigenvalue weighted by molar-refractivity contribution is 0.0951. The van der Waals surface area contributed by atoms with E-state index < -0.39 is 10.0 Å². The number of methoxy groups -OCH3 is 2. The van der Waals surface area contributed by atoms with Crippen LogP contribution in [0, 0.1) is 17.7 Å². The lowest BCUT2D eigenvalue weighted by Crippen LogP contribution is -2.42. The number of carbonyl (C=O) groups is 1. The molecule has 1 amide bonds. The number of carbonyl (C=O) groups excluding carboxylic acids is 1. The van der Waals surface area contributed by atoms with E-state index in [4.69, 9.17) is 9.47 Å². The number of hydrogen-bond acceptors (Lipinski definition) is 6. The SMILES string of the molecule is COc1ccc(CCNC(=O)c2cc(S(=O)(=O)N3C[C@@H](C)C[C@H](C)C3)ccc2Sc2ccc(F)cc2)cc1OC. The molecule has 7 nitrogen and oxygen atoms in total. The van der Waals surface area contributed by atoms with Gasteiger partial charge in [-0.15, -0.1) is 0 Å². The Kier molecular flexibility index (Phi) is 9.76. The van der Waals surface area contributed by atoms with E-state index in [1.165, 1.54) is 34.3 Å². The van der Waals surface area contributed by atoms with Gasteiger partial charge in [0.15, 0.2) is 11.5 Å². The topological polar surface area (TPSA) is 84.9 Å². The minimum absolute atomic E-state index is 0.0855. The fourth-order valence-electron chi connectivity index (χ4n) is 4.97. The van der Waals surface area contributed by atoms with Crippen molar-refractivity contribution in [2.24, 2.45) is 11.8 Å². The molecule has 0 aliphatic carbocycles. The molecule has 0 unspecified atom stereocenters. The molecule has 3 aromatic rings. The van der Waals surface area contributed by atoms with Crippen molar-refractivity contribution in [3.05, 3.63) is 77.6 Å². The second-order valence-electron chi connectivity index (χ2n) is 10.2. The Morgan fingerprint density at radius 1 is 0.975 bits per heavy atom. The lowest BCUT2D eigenvalue weighted by Gasteiger charge is -2.34. The Hall–Kier alpha value is -3.08. The van der Waals surface area contributed by atoms with Crippen molar-refractivity contribution >= 4 is 27.7 Å². The zero-order valence-electron chi connectivity index (χ0n) is 23.1. The predicted octanol–water partition coefficient (Wildman–Crippen LogP) is 5.63. The first-order chi connectivity index (χ1) is 19.1. The molecule has 0 spiro atoms. The number of benzene rings is 3. The van der Waals surface area contributed by atoms with Crippen molar-refractivity contribution in [1.82, 2.24) is 9.62 Å². The highest BCUT2D eigenvalue weighted by Crippen LogP contribution is 2.34. The number of halogens is 1. The molecular weight excluding hydrogens is 551 g/mol. The van der Waals surface area contributed by atoms with Gasteiger partial charge in [-0.2, -0.15) is 4.31 Å². The van der Waals surface area contributed by atoms with Crippen molar-refractivity contribution in [2.45, 2.75) is 41.4 Å². The van der Waals surface area contributed by atoms with Crippen molar-refractivity contribution in [2.75, 3.05) is 33.9 Å². The molecule has 1 heterocycles. The third kappa shape index (κ3) is 7.16. The molecule has 2 atom stereocenters. The maximum Gasteiger partial charge on any atom is 0.252 e. The number of nitrogens with zero attached hydrogens (tertiary/aromatic N) is 1. The van der Waals surface area contributed by atoms with E-state index in [9.17, 15) is 17.6 Å². The third-order valence-corrected chi connectivity index (χ3v) is 9.77. The fourth-order valence-corrected chi connectivity index (χ4v) is 7.60. The second-order valence-corrected chi connectivity index (χ2v) is 13.2. The molecule has 1 fully saturated rings. The molecule has 0 saturated carbocycles. The molecular formula is C30H35FN2O5S2. The van der Waals surface area contributed by atoms with Gasteiger partial charge in [0.2, 0.25) is 10.0 Å². The Labute approximate surface area is 240 Å². The fraction of sp³-hybridized carbons (Fsp3) is 0.367. The van der Waals surface area contributed by atoms with Gasteiger partial charge in [-0.25, -0.2) is 12.8 Å². The summed E-state index contributed by atoms with van der Waals surface area (Å²) in [5.41, 5.74) is 1.20. The summed E-state index contributed by atoms with van der Waals surface area (Å²) in [5.74, 6) is 0.987. The van der Waals surface area contributed by atoms with E-state index in [-0.39, 0.29) is 34.0 Å². The maximum atomic E-state index is 13.6. The largest absolute Gasteiger partial charge is 0.493 e. The summed E-state index contributed by atoms with van der Waals surface area (Å²) in [6.45, 7) is 5.33. The summed E-state index contributed by atoms with van der Waals surface area (Å²) < 4.78 is 52.8. The molecule has 4 rings (SSSR count). The van der Waals surface area contributed by atoms with Crippen LogP contribution in [-0.2, 0) is 16.4 Å². The van der Waals surface area contributed by atoms with Gasteiger partial charge in [0.05, 0.1) is 24.7 Å². The van der Waals surface area contributed by atoms with Crippen molar-refractivity contribution in [3.63, 3.8) is 0 Å². The van der Waals surface area contributed by atoms with Gasteiger partial charge in [-0.1, -0.05) is 31.7 Å². The molecule has 1 aliphatic heterocycles. The predicted molar refractivity (Wildman–Crippen MR) is 154 cm³/mol. The first-order valence-corrected chi connectivity index (χ1v) is 15.4. The van der Waals surface area contributed by atoms with Gasteiger partial charge >= 0.3 is 0 Å². The van der Waals surface area contributed by atoms with Gasteiger partial charge in [-0.3, -0.25) is 4.79 Å². The zero-order chi connectivity index (χ0) is 28.9. The number of piperidine rings is 1. The van der Waals surface area contributed by atoms with E-state index in [2.05, 4.69) is 19.2 Å². The van der Waals surface area contributed by atoms with Crippen LogP contribution >= 0.6 is 11.8 Å². The summed E-state index contributed by atoms with van der Waals surface area (Å²) in [6.07, 6.45) is 1.51. The molecule has 1 N–H and O–H groups in total. The molecule has 214 valence electrons. The summed E-state index contributed by atoms with van der Waals surface area (Å²) in [5, 5.41) is 2.93. The van der Waals surface area contributed by atoms with Crippen LogP contribution in [0.15, 0.2) is 75.4 Å². The number of nitrogens with one attached hydrogen (secondary N) is 1. The van der Waals surface area contributed by atoms with Crippen LogP contribution in [0.2, 0.25) is 0 Å². The molecule has 1 saturated heterocycles. The van der Waals surface area contributed by atoms with Crippen LogP contribution in [0.4, 0.5) is 4.39 Å². The van der Waals surface area contributed by atoms with Gasteiger partial charge in [-0.05, 0) is 84.8 Å². The summed E-state index contributed by atoms with van der Waals surface area (Å²) in [4.78, 5) is 14.8. The van der Waals surface area contributed by atoms with Crippen LogP contribution in [-0.4, -0.2) is 52.5 Å². The Balaban J connectivity index is 1.58. The Morgan fingerprint density at radius 2 is 1.65 bits per heavy atom. The Bertz CT molecular complexity index is 1440. The van der Waals surface area contributed by atoms with E-state index >= 15 is 0 Å². The third-order valence-electron chi connectivity index (χ3n) is 6.86. The molecule has 3 aromatic carbocycles. The molecule has 0 aromatic heterocycles. The summed E-state index contributed by atoms with van der Waals surface area (Å²) in [7, 11) is -0.653. The van der Waals surface area contributed by atoms with Crippen molar-refractivity contribution < 1.29 is 27.1 Å². The smallest absolute Gasteiger partial charge is 0.252 e. The minimum Gasteiger partial charge on any atom is -0.493 e. The molecule has 1 aliphatic rings. The summed E-state index contributed by atoms with van der Waals surface area (Å²) >= 11 is 1.28. The molecule has 40 heavy (non-hydrogen) atoms. The highest BCUT2D eigenvalue weighted by Gasteiger charge is 2.32. The first kappa shape index (κ1) is 29.9. The van der Waals surface area contributed by atoms with Crippen LogP contribution in [0.3, 0.4) is 0 Å². The van der Waals surface area contributed by atoms with Crippen LogP contribution in [0.1, 0.15) is 36.2 Å². The van der Waals surface area contributed by atoms with Gasteiger partial charge in [0.25, 0.3) is 5.91 Å². The zero-order valence-corrected chi connectivity index (χ0v) is 24.8. The number of sulfonamides is 1. The van der Waals surface area contributed by atoms with Crippen molar-refractivity contribution in [3.8, 4) is 11.5 Å². The number of amides is 1. The number of ether oxygens (including phenoxy) is 2.